The summed E-state index contributed by atoms with van der Waals surface area (Å²) in [5.41, 5.74) is 5.78. The predicted octanol–water partition coefficient (Wildman–Crippen LogP) is 0.162. The van der Waals surface area contributed by atoms with Gasteiger partial charge in [0.2, 0.25) is 0 Å². The number of amides is 1. The molecule has 8 heteroatoms. The molecule has 0 aromatic heterocycles. The number of rotatable bonds is 13. The maximum absolute atomic E-state index is 12.0. The highest BCUT2D eigenvalue weighted by Crippen LogP contribution is 2.08. The molecule has 0 heterocycles. The van der Waals surface area contributed by atoms with Crippen LogP contribution in [0, 0.1) is 0 Å². The molecular weight excluding hydrogens is 332 g/mol. The second-order valence-corrected chi connectivity index (χ2v) is 6.24. The average molecular weight is 358 g/mol. The number of carbonyl (C=O) groups is 1. The molecule has 7 nitrogen and oxygen atoms in total. The molecule has 0 radical (unpaired) electrons. The summed E-state index contributed by atoms with van der Waals surface area (Å²) in [6.45, 7) is 3.81. The highest BCUT2D eigenvalue weighted by molar-refractivity contribution is 7.84. The lowest BCUT2D eigenvalue weighted by Crippen LogP contribution is -2.27. The summed E-state index contributed by atoms with van der Waals surface area (Å²) in [5, 5.41) is 2.75. The maximum Gasteiger partial charge on any atom is 0.251 e. The molecule has 0 fully saturated rings. The van der Waals surface area contributed by atoms with Crippen molar-refractivity contribution in [1.82, 2.24) is 5.32 Å². The Labute approximate surface area is 145 Å². The Bertz CT molecular complexity index is 513. The molecular formula is C16H26N2O5S. The van der Waals surface area contributed by atoms with Crippen molar-refractivity contribution in [3.63, 3.8) is 0 Å². The first-order valence-corrected chi connectivity index (χ1v) is 9.36. The molecule has 1 rings (SSSR count). The van der Waals surface area contributed by atoms with E-state index in [1.165, 1.54) is 0 Å². The smallest absolute Gasteiger partial charge is 0.251 e. The lowest BCUT2D eigenvalue weighted by Gasteiger charge is -2.08. The maximum atomic E-state index is 12.0. The third-order valence-corrected chi connectivity index (χ3v) is 3.88. The Kier molecular flexibility index (Phi) is 11.2. The third-order valence-electron chi connectivity index (χ3n) is 2.97. The van der Waals surface area contributed by atoms with E-state index in [4.69, 9.17) is 19.9 Å². The third kappa shape index (κ3) is 9.09. The van der Waals surface area contributed by atoms with E-state index in [0.29, 0.717) is 63.2 Å². The molecule has 1 unspecified atom stereocenters. The normalized spacial score (nSPS) is 12.1. The SMILES string of the molecule is CS(=O)c1cccc(C(=O)NCCOCCOCCOCCN)c1. The number of hydrogen-bond donors (Lipinski definition) is 2. The number of benzene rings is 1. The first kappa shape index (κ1) is 20.7. The van der Waals surface area contributed by atoms with E-state index in [-0.39, 0.29) is 5.91 Å². The van der Waals surface area contributed by atoms with Crippen molar-refractivity contribution in [2.75, 3.05) is 59.0 Å². The summed E-state index contributed by atoms with van der Waals surface area (Å²) < 4.78 is 27.2. The molecule has 24 heavy (non-hydrogen) atoms. The van der Waals surface area contributed by atoms with E-state index in [1.54, 1.807) is 30.5 Å². The molecule has 0 aliphatic heterocycles. The van der Waals surface area contributed by atoms with Gasteiger partial charge in [0, 0.05) is 40.6 Å². The molecule has 0 bridgehead atoms. The van der Waals surface area contributed by atoms with Crippen LogP contribution >= 0.6 is 0 Å². The van der Waals surface area contributed by atoms with E-state index >= 15 is 0 Å². The second kappa shape index (κ2) is 13.0. The van der Waals surface area contributed by atoms with Crippen LogP contribution in [0.5, 0.6) is 0 Å². The second-order valence-electron chi connectivity index (χ2n) is 4.86. The van der Waals surface area contributed by atoms with Crippen LogP contribution in [-0.2, 0) is 25.0 Å². The van der Waals surface area contributed by atoms with E-state index in [9.17, 15) is 9.00 Å². The zero-order valence-electron chi connectivity index (χ0n) is 14.0. The fourth-order valence-corrected chi connectivity index (χ4v) is 2.34. The molecule has 3 N–H and O–H groups in total. The number of carbonyl (C=O) groups excluding carboxylic acids is 1. The zero-order chi connectivity index (χ0) is 17.6. The molecule has 1 amide bonds. The molecule has 1 aromatic carbocycles. The molecule has 0 spiro atoms. The van der Waals surface area contributed by atoms with E-state index in [0.717, 1.165) is 0 Å². The minimum Gasteiger partial charge on any atom is -0.378 e. The van der Waals surface area contributed by atoms with Gasteiger partial charge in [-0.15, -0.1) is 0 Å². The van der Waals surface area contributed by atoms with Crippen LogP contribution in [0.2, 0.25) is 0 Å². The molecule has 0 aliphatic rings. The van der Waals surface area contributed by atoms with Gasteiger partial charge in [-0.25, -0.2) is 0 Å². The molecule has 0 saturated heterocycles. The highest BCUT2D eigenvalue weighted by Gasteiger charge is 2.06. The standard InChI is InChI=1S/C16H26N2O5S/c1-24(20)15-4-2-3-14(13-15)16(19)18-6-8-22-10-12-23-11-9-21-7-5-17/h2-4,13H,5-12,17H2,1H3,(H,18,19). The van der Waals surface area contributed by atoms with Gasteiger partial charge in [0.25, 0.3) is 5.91 Å². The van der Waals surface area contributed by atoms with Crippen molar-refractivity contribution >= 4 is 16.7 Å². The number of nitrogens with two attached hydrogens (primary N) is 1. The summed E-state index contributed by atoms with van der Waals surface area (Å²) in [4.78, 5) is 12.6. The fourth-order valence-electron chi connectivity index (χ4n) is 1.78. The summed E-state index contributed by atoms with van der Waals surface area (Å²) >= 11 is 0. The number of hydrogen-bond acceptors (Lipinski definition) is 6. The van der Waals surface area contributed by atoms with Gasteiger partial charge in [-0.3, -0.25) is 9.00 Å². The van der Waals surface area contributed by atoms with E-state index < -0.39 is 10.8 Å². The first-order valence-electron chi connectivity index (χ1n) is 7.80. The minimum absolute atomic E-state index is 0.209. The summed E-state index contributed by atoms with van der Waals surface area (Å²) in [7, 11) is -1.10. The van der Waals surface area contributed by atoms with Crippen molar-refractivity contribution < 1.29 is 23.2 Å². The van der Waals surface area contributed by atoms with Gasteiger partial charge in [-0.1, -0.05) is 6.07 Å². The van der Waals surface area contributed by atoms with Gasteiger partial charge >= 0.3 is 0 Å². The Morgan fingerprint density at radius 1 is 1.08 bits per heavy atom. The van der Waals surface area contributed by atoms with Crippen LogP contribution in [0.15, 0.2) is 29.2 Å². The predicted molar refractivity (Wildman–Crippen MR) is 92.6 cm³/mol. The van der Waals surface area contributed by atoms with Crippen molar-refractivity contribution in [3.8, 4) is 0 Å². The Morgan fingerprint density at radius 3 is 2.33 bits per heavy atom. The van der Waals surface area contributed by atoms with Crippen LogP contribution in [0.4, 0.5) is 0 Å². The van der Waals surface area contributed by atoms with Crippen molar-refractivity contribution in [1.29, 1.82) is 0 Å². The lowest BCUT2D eigenvalue weighted by molar-refractivity contribution is 0.0166. The number of ether oxygens (including phenoxy) is 3. The van der Waals surface area contributed by atoms with E-state index in [1.807, 2.05) is 0 Å². The van der Waals surface area contributed by atoms with Gasteiger partial charge < -0.3 is 25.3 Å². The fraction of sp³-hybridized carbons (Fsp3) is 0.562. The molecule has 0 saturated carbocycles. The first-order chi connectivity index (χ1) is 11.6. The van der Waals surface area contributed by atoms with Crippen LogP contribution < -0.4 is 11.1 Å². The lowest BCUT2D eigenvalue weighted by atomic mass is 10.2. The van der Waals surface area contributed by atoms with Crippen molar-refractivity contribution in [3.05, 3.63) is 29.8 Å². The van der Waals surface area contributed by atoms with Gasteiger partial charge in [-0.05, 0) is 18.2 Å². The molecule has 1 atom stereocenters. The minimum atomic E-state index is -1.10. The quantitative estimate of drug-likeness (QED) is 0.487. The van der Waals surface area contributed by atoms with Crippen LogP contribution in [0.1, 0.15) is 10.4 Å². The zero-order valence-corrected chi connectivity index (χ0v) is 14.8. The van der Waals surface area contributed by atoms with Crippen LogP contribution in [0.25, 0.3) is 0 Å². The van der Waals surface area contributed by atoms with Gasteiger partial charge in [0.15, 0.2) is 0 Å². The Hall–Kier alpha value is -1.32. The van der Waals surface area contributed by atoms with Crippen molar-refractivity contribution in [2.24, 2.45) is 5.73 Å². The van der Waals surface area contributed by atoms with Crippen LogP contribution in [0.3, 0.4) is 0 Å². The average Bonchev–Trinajstić information content (AvgIpc) is 2.59. The monoisotopic (exact) mass is 358 g/mol. The van der Waals surface area contributed by atoms with Gasteiger partial charge in [0.1, 0.15) is 0 Å². The summed E-state index contributed by atoms with van der Waals surface area (Å²) in [5.74, 6) is -0.209. The summed E-state index contributed by atoms with van der Waals surface area (Å²) in [6, 6.07) is 6.77. The Balaban J connectivity index is 2.06. The topological polar surface area (TPSA) is 99.9 Å². The number of nitrogens with one attached hydrogen (secondary N) is 1. The molecule has 0 aliphatic carbocycles. The van der Waals surface area contributed by atoms with Crippen LogP contribution in [-0.4, -0.2) is 69.1 Å². The van der Waals surface area contributed by atoms with Gasteiger partial charge in [0.05, 0.1) is 39.6 Å². The molecule has 136 valence electrons. The summed E-state index contributed by atoms with van der Waals surface area (Å²) in [6.07, 6.45) is 1.58. The Morgan fingerprint density at radius 2 is 1.71 bits per heavy atom. The highest BCUT2D eigenvalue weighted by atomic mass is 32.2. The molecule has 1 aromatic rings. The largest absolute Gasteiger partial charge is 0.378 e. The van der Waals surface area contributed by atoms with Crippen molar-refractivity contribution in [2.45, 2.75) is 4.90 Å². The van der Waals surface area contributed by atoms with Gasteiger partial charge in [-0.2, -0.15) is 0 Å². The van der Waals surface area contributed by atoms with E-state index in [2.05, 4.69) is 5.32 Å².